The number of Topliss-reactive ketones (excluding diaryl/α,β-unsaturated/α-hetero) is 1. The summed E-state index contributed by atoms with van der Waals surface area (Å²) < 4.78 is 0. The summed E-state index contributed by atoms with van der Waals surface area (Å²) >= 11 is 1.90. The van der Waals surface area contributed by atoms with E-state index in [4.69, 9.17) is 0 Å². The highest BCUT2D eigenvalue weighted by Gasteiger charge is 2.34. The number of hydrogen-bond acceptors (Lipinski definition) is 2. The van der Waals surface area contributed by atoms with Crippen LogP contribution in [0.2, 0.25) is 0 Å². The normalized spacial score (nSPS) is 41.7. The van der Waals surface area contributed by atoms with E-state index in [-0.39, 0.29) is 0 Å². The summed E-state index contributed by atoms with van der Waals surface area (Å²) in [6.07, 6.45) is 5.96. The van der Waals surface area contributed by atoms with Gasteiger partial charge in [0.25, 0.3) is 0 Å². The minimum Gasteiger partial charge on any atom is -0.298 e. The fourth-order valence-electron chi connectivity index (χ4n) is 2.87. The third-order valence-corrected chi connectivity index (χ3v) is 5.64. The highest BCUT2D eigenvalue weighted by molar-refractivity contribution is 8.00. The zero-order valence-electron chi connectivity index (χ0n) is 9.87. The van der Waals surface area contributed by atoms with Crippen LogP contribution in [0.4, 0.5) is 0 Å². The van der Waals surface area contributed by atoms with Gasteiger partial charge >= 0.3 is 0 Å². The quantitative estimate of drug-likeness (QED) is 0.716. The predicted molar refractivity (Wildman–Crippen MR) is 66.2 cm³/mol. The predicted octanol–water partition coefficient (Wildman–Crippen LogP) is 3.52. The number of carbonyl (C=O) groups excluding carboxylic acids is 1. The van der Waals surface area contributed by atoms with Crippen molar-refractivity contribution in [2.24, 2.45) is 17.8 Å². The highest BCUT2D eigenvalue weighted by atomic mass is 32.2. The van der Waals surface area contributed by atoms with Crippen LogP contribution in [-0.2, 0) is 4.79 Å². The van der Waals surface area contributed by atoms with Gasteiger partial charge in [-0.2, -0.15) is 11.8 Å². The molecule has 0 aromatic rings. The van der Waals surface area contributed by atoms with Gasteiger partial charge in [-0.25, -0.2) is 0 Å². The summed E-state index contributed by atoms with van der Waals surface area (Å²) in [5.74, 6) is 3.75. The first-order valence-electron chi connectivity index (χ1n) is 6.34. The molecule has 0 N–H and O–H groups in total. The first kappa shape index (κ1) is 11.5. The molecule has 0 bridgehead atoms. The molecule has 0 spiro atoms. The fraction of sp³-hybridized carbons (Fsp3) is 0.923. The van der Waals surface area contributed by atoms with Crippen LogP contribution in [0.15, 0.2) is 0 Å². The van der Waals surface area contributed by atoms with Crippen LogP contribution in [-0.4, -0.2) is 16.8 Å². The Bertz CT molecular complexity index is 233. The third-order valence-electron chi connectivity index (χ3n) is 4.25. The summed E-state index contributed by atoms with van der Waals surface area (Å²) in [7, 11) is 0. The van der Waals surface area contributed by atoms with Crippen molar-refractivity contribution < 1.29 is 4.79 Å². The number of hydrogen-bond donors (Lipinski definition) is 0. The Morgan fingerprint density at radius 2 is 1.93 bits per heavy atom. The molecule has 2 aliphatic rings. The standard InChI is InChI=1S/C13H22OS/c1-9-5-6-11(8-10(9)2)13(14)12-4-3-7-15-12/h9-12H,3-8H2,1-2H3. The van der Waals surface area contributed by atoms with E-state index in [1.807, 2.05) is 11.8 Å². The van der Waals surface area contributed by atoms with Crippen LogP contribution < -0.4 is 0 Å². The summed E-state index contributed by atoms with van der Waals surface area (Å²) in [5, 5.41) is 0.357. The molecule has 4 atom stereocenters. The van der Waals surface area contributed by atoms with E-state index in [0.29, 0.717) is 17.0 Å². The van der Waals surface area contributed by atoms with Crippen molar-refractivity contribution in [3.63, 3.8) is 0 Å². The smallest absolute Gasteiger partial charge is 0.148 e. The average molecular weight is 226 g/mol. The average Bonchev–Trinajstić information content (AvgIpc) is 2.74. The van der Waals surface area contributed by atoms with Gasteiger partial charge in [0.2, 0.25) is 0 Å². The minimum absolute atomic E-state index is 0.357. The van der Waals surface area contributed by atoms with E-state index in [0.717, 1.165) is 31.1 Å². The topological polar surface area (TPSA) is 17.1 Å². The van der Waals surface area contributed by atoms with E-state index in [1.54, 1.807) is 0 Å². The van der Waals surface area contributed by atoms with Crippen LogP contribution in [0.25, 0.3) is 0 Å². The lowest BCUT2D eigenvalue weighted by molar-refractivity contribution is -0.124. The van der Waals surface area contributed by atoms with E-state index in [9.17, 15) is 4.79 Å². The molecule has 1 aliphatic carbocycles. The Morgan fingerprint density at radius 3 is 2.53 bits per heavy atom. The van der Waals surface area contributed by atoms with Gasteiger partial charge in [0.15, 0.2) is 0 Å². The first-order valence-corrected chi connectivity index (χ1v) is 7.38. The molecule has 4 unspecified atom stereocenters. The van der Waals surface area contributed by atoms with Crippen LogP contribution in [0.5, 0.6) is 0 Å². The van der Waals surface area contributed by atoms with Crippen molar-refractivity contribution in [1.82, 2.24) is 0 Å². The lowest BCUT2D eigenvalue weighted by Crippen LogP contribution is -2.31. The third kappa shape index (κ3) is 2.58. The zero-order valence-corrected chi connectivity index (χ0v) is 10.7. The van der Waals surface area contributed by atoms with Crippen molar-refractivity contribution in [1.29, 1.82) is 0 Å². The lowest BCUT2D eigenvalue weighted by Gasteiger charge is -2.32. The van der Waals surface area contributed by atoms with Crippen molar-refractivity contribution in [3.8, 4) is 0 Å². The molecule has 0 aromatic carbocycles. The largest absolute Gasteiger partial charge is 0.298 e. The molecule has 15 heavy (non-hydrogen) atoms. The molecule has 1 heterocycles. The molecule has 2 rings (SSSR count). The molecular weight excluding hydrogens is 204 g/mol. The maximum absolute atomic E-state index is 12.2. The molecule has 1 saturated heterocycles. The van der Waals surface area contributed by atoms with Crippen molar-refractivity contribution in [2.75, 3.05) is 5.75 Å². The van der Waals surface area contributed by atoms with Crippen LogP contribution >= 0.6 is 11.8 Å². The molecule has 1 saturated carbocycles. The van der Waals surface area contributed by atoms with E-state index >= 15 is 0 Å². The molecule has 2 heteroatoms. The molecule has 0 radical (unpaired) electrons. The van der Waals surface area contributed by atoms with Gasteiger partial charge in [-0.15, -0.1) is 0 Å². The monoisotopic (exact) mass is 226 g/mol. The van der Waals surface area contributed by atoms with Gasteiger partial charge in [0.1, 0.15) is 5.78 Å². The Morgan fingerprint density at radius 1 is 1.13 bits per heavy atom. The maximum Gasteiger partial charge on any atom is 0.148 e. The Balaban J connectivity index is 1.90. The second-order valence-electron chi connectivity index (χ2n) is 5.37. The molecule has 0 amide bonds. The Labute approximate surface area is 97.4 Å². The van der Waals surface area contributed by atoms with Gasteiger partial charge in [0, 0.05) is 5.92 Å². The van der Waals surface area contributed by atoms with E-state index < -0.39 is 0 Å². The van der Waals surface area contributed by atoms with Gasteiger partial charge in [-0.3, -0.25) is 4.79 Å². The Hall–Kier alpha value is 0.0200. The van der Waals surface area contributed by atoms with E-state index in [1.165, 1.54) is 18.6 Å². The summed E-state index contributed by atoms with van der Waals surface area (Å²) in [5.41, 5.74) is 0. The molecule has 86 valence electrons. The molecule has 0 aromatic heterocycles. The van der Waals surface area contributed by atoms with Crippen LogP contribution in [0.3, 0.4) is 0 Å². The van der Waals surface area contributed by atoms with Crippen molar-refractivity contribution in [3.05, 3.63) is 0 Å². The molecule has 2 fully saturated rings. The number of carbonyl (C=O) groups is 1. The van der Waals surface area contributed by atoms with E-state index in [2.05, 4.69) is 13.8 Å². The highest BCUT2D eigenvalue weighted by Crippen LogP contribution is 2.37. The summed E-state index contributed by atoms with van der Waals surface area (Å²) in [6.45, 7) is 4.64. The fourth-order valence-corrected chi connectivity index (χ4v) is 4.18. The zero-order chi connectivity index (χ0) is 10.8. The van der Waals surface area contributed by atoms with Crippen LogP contribution in [0, 0.1) is 17.8 Å². The van der Waals surface area contributed by atoms with Crippen molar-refractivity contribution >= 4 is 17.5 Å². The Kier molecular flexibility index (Phi) is 3.76. The number of thioether (sulfide) groups is 1. The molecule has 1 aliphatic heterocycles. The SMILES string of the molecule is CC1CCC(C(=O)C2CCCS2)CC1C. The molecular formula is C13H22OS. The number of rotatable bonds is 2. The summed E-state index contributed by atoms with van der Waals surface area (Å²) in [4.78, 5) is 12.2. The molecule has 1 nitrogen and oxygen atoms in total. The minimum atomic E-state index is 0.357. The van der Waals surface area contributed by atoms with Gasteiger partial charge < -0.3 is 0 Å². The maximum atomic E-state index is 12.2. The first-order chi connectivity index (χ1) is 7.18. The second-order valence-corrected chi connectivity index (χ2v) is 6.68. The van der Waals surface area contributed by atoms with Crippen LogP contribution in [0.1, 0.15) is 46.0 Å². The van der Waals surface area contributed by atoms with Gasteiger partial charge in [-0.1, -0.05) is 13.8 Å². The van der Waals surface area contributed by atoms with Gasteiger partial charge in [0.05, 0.1) is 5.25 Å². The van der Waals surface area contributed by atoms with Crippen molar-refractivity contribution in [2.45, 2.75) is 51.2 Å². The summed E-state index contributed by atoms with van der Waals surface area (Å²) in [6, 6.07) is 0. The van der Waals surface area contributed by atoms with Gasteiger partial charge in [-0.05, 0) is 49.7 Å². The second kappa shape index (κ2) is 4.90. The lowest BCUT2D eigenvalue weighted by atomic mass is 9.74. The number of ketones is 1.